The maximum atomic E-state index is 12.0. The summed E-state index contributed by atoms with van der Waals surface area (Å²) < 4.78 is 5.16. The number of alkyl carbamates (subject to hydrolysis) is 1. The van der Waals surface area contributed by atoms with Gasteiger partial charge in [-0.3, -0.25) is 4.79 Å². The van der Waals surface area contributed by atoms with Crippen LogP contribution in [0.3, 0.4) is 0 Å². The Hall–Kier alpha value is -2.08. The van der Waals surface area contributed by atoms with E-state index in [4.69, 9.17) is 4.74 Å². The van der Waals surface area contributed by atoms with E-state index in [0.29, 0.717) is 12.3 Å². The molecule has 0 heterocycles. The first-order valence-electron chi connectivity index (χ1n) is 7.97. The lowest BCUT2D eigenvalue weighted by atomic mass is 9.80. The molecule has 3 N–H and O–H groups in total. The number of benzene rings is 1. The van der Waals surface area contributed by atoms with Gasteiger partial charge in [-0.15, -0.1) is 0 Å². The first kappa shape index (κ1) is 17.3. The van der Waals surface area contributed by atoms with Gasteiger partial charge in [0.25, 0.3) is 5.91 Å². The summed E-state index contributed by atoms with van der Waals surface area (Å²) >= 11 is 0. The molecule has 1 aromatic carbocycles. The van der Waals surface area contributed by atoms with Crippen LogP contribution in [0, 0.1) is 5.92 Å². The van der Waals surface area contributed by atoms with Crippen LogP contribution in [-0.2, 0) is 16.1 Å². The van der Waals surface area contributed by atoms with Gasteiger partial charge in [0.05, 0.1) is 6.04 Å². The Morgan fingerprint density at radius 1 is 1.30 bits per heavy atom. The molecule has 0 spiro atoms. The summed E-state index contributed by atoms with van der Waals surface area (Å²) in [5.74, 6) is -0.0635. The van der Waals surface area contributed by atoms with Crippen LogP contribution in [0.15, 0.2) is 30.3 Å². The van der Waals surface area contributed by atoms with Crippen LogP contribution in [0.25, 0.3) is 0 Å². The van der Waals surface area contributed by atoms with Gasteiger partial charge in [0.15, 0.2) is 6.10 Å². The third-order valence-corrected chi connectivity index (χ3v) is 4.22. The van der Waals surface area contributed by atoms with Crippen molar-refractivity contribution in [2.75, 3.05) is 7.05 Å². The highest BCUT2D eigenvalue weighted by molar-refractivity contribution is 5.81. The van der Waals surface area contributed by atoms with Crippen molar-refractivity contribution in [1.82, 2.24) is 10.6 Å². The van der Waals surface area contributed by atoms with E-state index in [1.165, 1.54) is 7.05 Å². The van der Waals surface area contributed by atoms with Crippen molar-refractivity contribution in [2.45, 2.75) is 44.4 Å². The number of aliphatic hydroxyl groups excluding tert-OH is 1. The number of amides is 2. The minimum atomic E-state index is -1.27. The standard InChI is InChI=1S/C17H24N2O4/c1-18-16(21)15(20)14(10-12-8-5-9-12)19-17(22)23-11-13-6-3-2-4-7-13/h2-4,6-7,12,14-15,20H,5,8-11H2,1H3,(H,18,21)(H,19,22)/t14-,15-/m0/s1. The Kier molecular flexibility index (Phi) is 6.40. The topological polar surface area (TPSA) is 87.7 Å². The third-order valence-electron chi connectivity index (χ3n) is 4.22. The van der Waals surface area contributed by atoms with Gasteiger partial charge in [0.1, 0.15) is 6.61 Å². The number of ether oxygens (including phenoxy) is 1. The highest BCUT2D eigenvalue weighted by atomic mass is 16.5. The van der Waals surface area contributed by atoms with Gasteiger partial charge in [-0.05, 0) is 17.9 Å². The lowest BCUT2D eigenvalue weighted by Crippen LogP contribution is -2.51. The highest BCUT2D eigenvalue weighted by Crippen LogP contribution is 2.31. The Balaban J connectivity index is 1.87. The molecule has 0 radical (unpaired) electrons. The van der Waals surface area contributed by atoms with E-state index in [1.54, 1.807) is 0 Å². The van der Waals surface area contributed by atoms with Crippen molar-refractivity contribution in [2.24, 2.45) is 5.92 Å². The first-order chi connectivity index (χ1) is 11.1. The zero-order valence-electron chi connectivity index (χ0n) is 13.3. The van der Waals surface area contributed by atoms with Gasteiger partial charge in [-0.1, -0.05) is 49.6 Å². The fourth-order valence-electron chi connectivity index (χ4n) is 2.60. The van der Waals surface area contributed by atoms with Gasteiger partial charge < -0.3 is 20.5 Å². The minimum absolute atomic E-state index is 0.152. The van der Waals surface area contributed by atoms with Crippen LogP contribution in [0.5, 0.6) is 0 Å². The van der Waals surface area contributed by atoms with E-state index in [1.807, 2.05) is 30.3 Å². The molecule has 1 aliphatic carbocycles. The van der Waals surface area contributed by atoms with Gasteiger partial charge in [0, 0.05) is 7.05 Å². The minimum Gasteiger partial charge on any atom is -0.445 e. The number of nitrogens with one attached hydrogen (secondary N) is 2. The van der Waals surface area contributed by atoms with E-state index in [2.05, 4.69) is 10.6 Å². The lowest BCUT2D eigenvalue weighted by Gasteiger charge is -2.31. The van der Waals surface area contributed by atoms with Gasteiger partial charge in [-0.25, -0.2) is 4.79 Å². The second kappa shape index (κ2) is 8.53. The summed E-state index contributed by atoms with van der Waals surface area (Å²) in [6.07, 6.45) is 1.97. The molecule has 2 atom stereocenters. The van der Waals surface area contributed by atoms with Crippen molar-refractivity contribution < 1.29 is 19.4 Å². The summed E-state index contributed by atoms with van der Waals surface area (Å²) in [4.78, 5) is 23.6. The summed E-state index contributed by atoms with van der Waals surface area (Å²) in [5.41, 5.74) is 0.880. The van der Waals surface area contributed by atoms with Gasteiger partial charge >= 0.3 is 6.09 Å². The zero-order chi connectivity index (χ0) is 16.7. The molecule has 126 valence electrons. The molecular weight excluding hydrogens is 296 g/mol. The molecule has 1 saturated carbocycles. The maximum absolute atomic E-state index is 12.0. The average molecular weight is 320 g/mol. The molecule has 6 heteroatoms. The van der Waals surface area contributed by atoms with Crippen molar-refractivity contribution >= 4 is 12.0 Å². The summed E-state index contributed by atoms with van der Waals surface area (Å²) in [7, 11) is 1.46. The Morgan fingerprint density at radius 3 is 2.57 bits per heavy atom. The van der Waals surface area contributed by atoms with Crippen LogP contribution < -0.4 is 10.6 Å². The molecule has 0 saturated heterocycles. The molecule has 1 aliphatic rings. The quantitative estimate of drug-likeness (QED) is 0.712. The molecule has 0 aromatic heterocycles. The molecule has 1 aromatic rings. The van der Waals surface area contributed by atoms with Crippen LogP contribution in [0.4, 0.5) is 4.79 Å². The normalized spacial score (nSPS) is 16.8. The second-order valence-corrected chi connectivity index (χ2v) is 5.90. The Labute approximate surface area is 136 Å². The second-order valence-electron chi connectivity index (χ2n) is 5.90. The van der Waals surface area contributed by atoms with E-state index >= 15 is 0 Å². The SMILES string of the molecule is CNC(=O)[C@@H](O)[C@H](CC1CCC1)NC(=O)OCc1ccccc1. The number of aliphatic hydroxyl groups is 1. The lowest BCUT2D eigenvalue weighted by molar-refractivity contribution is -0.130. The Morgan fingerprint density at radius 2 is 2.00 bits per heavy atom. The average Bonchev–Trinajstić information content (AvgIpc) is 2.54. The zero-order valence-corrected chi connectivity index (χ0v) is 13.3. The molecule has 2 amide bonds. The van der Waals surface area contributed by atoms with E-state index in [9.17, 15) is 14.7 Å². The number of rotatable bonds is 7. The van der Waals surface area contributed by atoms with Crippen LogP contribution in [-0.4, -0.2) is 36.3 Å². The number of hydrogen-bond donors (Lipinski definition) is 3. The van der Waals surface area contributed by atoms with E-state index < -0.39 is 24.1 Å². The van der Waals surface area contributed by atoms with Crippen molar-refractivity contribution in [3.05, 3.63) is 35.9 Å². The predicted octanol–water partition coefficient (Wildman–Crippen LogP) is 1.58. The maximum Gasteiger partial charge on any atom is 0.407 e. The fourth-order valence-corrected chi connectivity index (χ4v) is 2.60. The van der Waals surface area contributed by atoms with Crippen molar-refractivity contribution in [3.63, 3.8) is 0 Å². The third kappa shape index (κ3) is 5.25. The molecule has 23 heavy (non-hydrogen) atoms. The molecular formula is C17H24N2O4. The monoisotopic (exact) mass is 320 g/mol. The Bertz CT molecular complexity index is 517. The highest BCUT2D eigenvalue weighted by Gasteiger charge is 2.31. The van der Waals surface area contributed by atoms with Crippen molar-refractivity contribution in [3.8, 4) is 0 Å². The van der Waals surface area contributed by atoms with Gasteiger partial charge in [-0.2, -0.15) is 0 Å². The fraction of sp³-hybridized carbons (Fsp3) is 0.529. The molecule has 6 nitrogen and oxygen atoms in total. The first-order valence-corrected chi connectivity index (χ1v) is 7.97. The predicted molar refractivity (Wildman–Crippen MR) is 85.6 cm³/mol. The summed E-state index contributed by atoms with van der Waals surface area (Å²) in [5, 5.41) is 15.1. The van der Waals surface area contributed by atoms with Crippen LogP contribution in [0.2, 0.25) is 0 Å². The molecule has 0 aliphatic heterocycles. The molecule has 0 bridgehead atoms. The van der Waals surface area contributed by atoms with Crippen LogP contribution in [0.1, 0.15) is 31.2 Å². The van der Waals surface area contributed by atoms with Gasteiger partial charge in [0.2, 0.25) is 0 Å². The number of carbonyl (C=O) groups is 2. The summed E-state index contributed by atoms with van der Waals surface area (Å²) in [6, 6.07) is 8.70. The largest absolute Gasteiger partial charge is 0.445 e. The smallest absolute Gasteiger partial charge is 0.407 e. The van der Waals surface area contributed by atoms with E-state index in [-0.39, 0.29) is 6.61 Å². The molecule has 1 fully saturated rings. The molecule has 2 rings (SSSR count). The van der Waals surface area contributed by atoms with E-state index in [0.717, 1.165) is 24.8 Å². The number of carbonyl (C=O) groups excluding carboxylic acids is 2. The van der Waals surface area contributed by atoms with Crippen molar-refractivity contribution in [1.29, 1.82) is 0 Å². The summed E-state index contributed by atoms with van der Waals surface area (Å²) in [6.45, 7) is 0.152. The molecule has 0 unspecified atom stereocenters. The number of likely N-dealkylation sites (N-methyl/N-ethyl adjacent to an activating group) is 1. The number of hydrogen-bond acceptors (Lipinski definition) is 4. The van der Waals surface area contributed by atoms with Crippen LogP contribution >= 0.6 is 0 Å².